The number of aromatic nitrogens is 3. The lowest BCUT2D eigenvalue weighted by atomic mass is 10.2. The Hall–Kier alpha value is -3.04. The number of ether oxygens (including phenoxy) is 1. The number of amides is 1. The molecule has 2 aromatic carbocycles. The average molecular weight is 471 g/mol. The summed E-state index contributed by atoms with van der Waals surface area (Å²) in [5.41, 5.74) is 1.58. The van der Waals surface area contributed by atoms with Crippen LogP contribution in [0.2, 0.25) is 0 Å². The monoisotopic (exact) mass is 470 g/mol. The molecule has 146 valence electrons. The fourth-order valence-corrected chi connectivity index (χ4v) is 3.87. The van der Waals surface area contributed by atoms with Gasteiger partial charge in [0.2, 0.25) is 4.96 Å². The first kappa shape index (κ1) is 19.3. The van der Waals surface area contributed by atoms with Crippen molar-refractivity contribution in [2.24, 2.45) is 0 Å². The number of nitrogens with zero attached hydrogens (tertiary/aromatic N) is 3. The maximum Gasteiger partial charge on any atom is 0.275 e. The van der Waals surface area contributed by atoms with Crippen LogP contribution in [0.3, 0.4) is 0 Å². The number of carbonyl (C=O) groups is 1. The summed E-state index contributed by atoms with van der Waals surface area (Å²) >= 11 is 4.64. The molecular formula is C20H15BrN4O3S. The van der Waals surface area contributed by atoms with Gasteiger partial charge in [0, 0.05) is 21.7 Å². The number of hydrogen-bond acceptors (Lipinski definition) is 6. The SMILES string of the molecule is COc1ccc(-c2nn3c(=O)cc(CNC(=O)c4ccc(Br)cc4)nc3s2)cc1. The lowest BCUT2D eigenvalue weighted by Crippen LogP contribution is -2.25. The van der Waals surface area contributed by atoms with E-state index in [0.717, 1.165) is 15.8 Å². The Labute approximate surface area is 178 Å². The van der Waals surface area contributed by atoms with Crippen LogP contribution in [-0.4, -0.2) is 27.6 Å². The minimum absolute atomic E-state index is 0.149. The van der Waals surface area contributed by atoms with Gasteiger partial charge in [0.1, 0.15) is 10.8 Å². The summed E-state index contributed by atoms with van der Waals surface area (Å²) in [4.78, 5) is 29.6. The van der Waals surface area contributed by atoms with Gasteiger partial charge >= 0.3 is 0 Å². The minimum atomic E-state index is -0.293. The third-order valence-corrected chi connectivity index (χ3v) is 5.66. The molecule has 2 heterocycles. The number of rotatable bonds is 5. The summed E-state index contributed by atoms with van der Waals surface area (Å²) < 4.78 is 7.32. The zero-order chi connectivity index (χ0) is 20.4. The summed E-state index contributed by atoms with van der Waals surface area (Å²) in [6.45, 7) is 0.149. The van der Waals surface area contributed by atoms with Crippen molar-refractivity contribution in [3.05, 3.63) is 80.7 Å². The largest absolute Gasteiger partial charge is 0.497 e. The molecule has 1 amide bonds. The number of nitrogens with one attached hydrogen (secondary N) is 1. The highest BCUT2D eigenvalue weighted by molar-refractivity contribution is 9.10. The molecule has 0 fully saturated rings. The number of halogens is 1. The van der Waals surface area contributed by atoms with Crippen LogP contribution in [0, 0.1) is 0 Å². The van der Waals surface area contributed by atoms with Gasteiger partial charge in [-0.25, -0.2) is 4.98 Å². The van der Waals surface area contributed by atoms with Crippen molar-refractivity contribution < 1.29 is 9.53 Å². The highest BCUT2D eigenvalue weighted by Gasteiger charge is 2.12. The molecule has 0 unspecified atom stereocenters. The van der Waals surface area contributed by atoms with Crippen LogP contribution in [0.15, 0.2) is 63.9 Å². The summed E-state index contributed by atoms with van der Waals surface area (Å²) in [6, 6.07) is 15.8. The van der Waals surface area contributed by atoms with Gasteiger partial charge in [0.05, 0.1) is 19.3 Å². The molecule has 1 N–H and O–H groups in total. The van der Waals surface area contributed by atoms with Crippen molar-refractivity contribution in [3.63, 3.8) is 0 Å². The number of hydrogen-bond donors (Lipinski definition) is 1. The van der Waals surface area contributed by atoms with Gasteiger partial charge in [-0.15, -0.1) is 0 Å². The number of carbonyl (C=O) groups excluding carboxylic acids is 1. The van der Waals surface area contributed by atoms with Crippen LogP contribution in [0.4, 0.5) is 0 Å². The van der Waals surface area contributed by atoms with E-state index in [-0.39, 0.29) is 18.0 Å². The number of methoxy groups -OCH3 is 1. The fourth-order valence-electron chi connectivity index (χ4n) is 2.67. The number of benzene rings is 2. The maximum absolute atomic E-state index is 12.4. The Morgan fingerprint density at radius 3 is 2.59 bits per heavy atom. The maximum atomic E-state index is 12.4. The molecule has 0 aliphatic carbocycles. The summed E-state index contributed by atoms with van der Waals surface area (Å²) in [5.74, 6) is 0.511. The van der Waals surface area contributed by atoms with Gasteiger partial charge in [0.15, 0.2) is 0 Å². The van der Waals surface area contributed by atoms with Crippen LogP contribution in [0.5, 0.6) is 5.75 Å². The normalized spacial score (nSPS) is 10.8. The third-order valence-electron chi connectivity index (χ3n) is 4.17. The Balaban J connectivity index is 1.55. The smallest absolute Gasteiger partial charge is 0.275 e. The van der Waals surface area contributed by atoms with E-state index >= 15 is 0 Å². The van der Waals surface area contributed by atoms with Crippen molar-refractivity contribution in [2.75, 3.05) is 7.11 Å². The van der Waals surface area contributed by atoms with Crippen molar-refractivity contribution in [1.29, 1.82) is 0 Å². The van der Waals surface area contributed by atoms with Crippen LogP contribution >= 0.6 is 27.3 Å². The Bertz CT molecular complexity index is 1230. The molecule has 2 aromatic heterocycles. The highest BCUT2D eigenvalue weighted by atomic mass is 79.9. The van der Waals surface area contributed by atoms with Crippen LogP contribution < -0.4 is 15.6 Å². The van der Waals surface area contributed by atoms with Gasteiger partial charge in [-0.2, -0.15) is 9.61 Å². The third kappa shape index (κ3) is 4.20. The van der Waals surface area contributed by atoms with Crippen molar-refractivity contribution in [3.8, 4) is 16.3 Å². The molecule has 0 saturated carbocycles. The molecule has 4 rings (SSSR count). The second-order valence-corrected chi connectivity index (χ2v) is 7.98. The van der Waals surface area contributed by atoms with Gasteiger partial charge < -0.3 is 10.1 Å². The molecule has 29 heavy (non-hydrogen) atoms. The van der Waals surface area contributed by atoms with E-state index in [1.54, 1.807) is 31.4 Å². The minimum Gasteiger partial charge on any atom is -0.497 e. The summed E-state index contributed by atoms with van der Waals surface area (Å²) in [6.07, 6.45) is 0. The average Bonchev–Trinajstić information content (AvgIpc) is 3.17. The first-order chi connectivity index (χ1) is 14.0. The molecule has 9 heteroatoms. The standard InChI is InChI=1S/C20H15BrN4O3S/c1-28-16-8-4-13(5-9-16)19-24-25-17(26)10-15(23-20(25)29-19)11-22-18(27)12-2-6-14(21)7-3-12/h2-10H,11H2,1H3,(H,22,27). The van der Waals surface area contributed by atoms with E-state index in [0.29, 0.717) is 21.2 Å². The molecule has 0 spiro atoms. The highest BCUT2D eigenvalue weighted by Crippen LogP contribution is 2.26. The lowest BCUT2D eigenvalue weighted by Gasteiger charge is -2.05. The van der Waals surface area contributed by atoms with Crippen molar-refractivity contribution in [2.45, 2.75) is 6.54 Å². The van der Waals surface area contributed by atoms with Gasteiger partial charge in [-0.1, -0.05) is 27.3 Å². The zero-order valence-corrected chi connectivity index (χ0v) is 17.7. The van der Waals surface area contributed by atoms with Gasteiger partial charge in [-0.05, 0) is 48.5 Å². The molecule has 7 nitrogen and oxygen atoms in total. The molecule has 0 radical (unpaired) electrons. The molecule has 0 aliphatic heterocycles. The molecule has 0 aliphatic rings. The van der Waals surface area contributed by atoms with E-state index in [9.17, 15) is 9.59 Å². The molecule has 0 atom stereocenters. The van der Waals surface area contributed by atoms with Gasteiger partial charge in [0.25, 0.3) is 11.5 Å². The second kappa shape index (κ2) is 8.14. The summed E-state index contributed by atoms with van der Waals surface area (Å²) in [7, 11) is 1.60. The van der Waals surface area contributed by atoms with E-state index in [1.165, 1.54) is 21.9 Å². The topological polar surface area (TPSA) is 85.6 Å². The van der Waals surface area contributed by atoms with Gasteiger partial charge in [-0.3, -0.25) is 9.59 Å². The van der Waals surface area contributed by atoms with Crippen molar-refractivity contribution in [1.82, 2.24) is 19.9 Å². The first-order valence-corrected chi connectivity index (χ1v) is 10.2. The molecule has 0 saturated heterocycles. The van der Waals surface area contributed by atoms with Crippen LogP contribution in [-0.2, 0) is 6.54 Å². The predicted octanol–water partition coefficient (Wildman–Crippen LogP) is 3.52. The predicted molar refractivity (Wildman–Crippen MR) is 114 cm³/mol. The van der Waals surface area contributed by atoms with Crippen LogP contribution in [0.25, 0.3) is 15.5 Å². The van der Waals surface area contributed by atoms with Crippen molar-refractivity contribution >= 4 is 38.1 Å². The van der Waals surface area contributed by atoms with E-state index in [4.69, 9.17) is 4.74 Å². The fraction of sp³-hybridized carbons (Fsp3) is 0.100. The Morgan fingerprint density at radius 1 is 1.17 bits per heavy atom. The second-order valence-electron chi connectivity index (χ2n) is 6.11. The molecular weight excluding hydrogens is 456 g/mol. The quantitative estimate of drug-likeness (QED) is 0.482. The Kier molecular flexibility index (Phi) is 5.41. The molecule has 4 aromatic rings. The Morgan fingerprint density at radius 2 is 1.90 bits per heavy atom. The van der Waals surface area contributed by atoms with E-state index in [2.05, 4.69) is 31.3 Å². The van der Waals surface area contributed by atoms with E-state index in [1.807, 2.05) is 24.3 Å². The van der Waals surface area contributed by atoms with Crippen LogP contribution in [0.1, 0.15) is 16.1 Å². The number of fused-ring (bicyclic) bond motifs is 1. The van der Waals surface area contributed by atoms with E-state index < -0.39 is 0 Å². The molecule has 0 bridgehead atoms. The first-order valence-electron chi connectivity index (χ1n) is 8.61. The summed E-state index contributed by atoms with van der Waals surface area (Å²) in [5, 5.41) is 7.82. The zero-order valence-electron chi connectivity index (χ0n) is 15.3. The lowest BCUT2D eigenvalue weighted by molar-refractivity contribution is 0.0950.